The minimum atomic E-state index is 0.617. The van der Waals surface area contributed by atoms with E-state index in [4.69, 9.17) is 4.98 Å². The van der Waals surface area contributed by atoms with E-state index in [0.29, 0.717) is 6.04 Å². The zero-order valence-electron chi connectivity index (χ0n) is 13.3. The lowest BCUT2D eigenvalue weighted by Crippen LogP contribution is -2.36. The summed E-state index contributed by atoms with van der Waals surface area (Å²) < 4.78 is 0. The SMILES string of the molecule is CCCNc1ncc(C)c(N(C)C2CCCC(C)C2)n1. The molecule has 0 aliphatic heterocycles. The molecule has 0 amide bonds. The zero-order valence-corrected chi connectivity index (χ0v) is 13.3. The van der Waals surface area contributed by atoms with Crippen molar-refractivity contribution in [3.8, 4) is 0 Å². The molecule has 2 atom stereocenters. The molecule has 1 aliphatic carbocycles. The molecule has 0 spiro atoms. The molecule has 1 aromatic rings. The molecular formula is C16H28N4. The average Bonchev–Trinajstić information content (AvgIpc) is 2.45. The first-order valence-corrected chi connectivity index (χ1v) is 7.92. The summed E-state index contributed by atoms with van der Waals surface area (Å²) in [7, 11) is 2.18. The van der Waals surface area contributed by atoms with Crippen molar-refractivity contribution in [2.45, 2.75) is 58.9 Å². The molecular weight excluding hydrogens is 248 g/mol. The fourth-order valence-electron chi connectivity index (χ4n) is 3.04. The summed E-state index contributed by atoms with van der Waals surface area (Å²) in [6.45, 7) is 7.53. The molecule has 1 aromatic heterocycles. The monoisotopic (exact) mass is 276 g/mol. The molecule has 1 saturated carbocycles. The second-order valence-corrected chi connectivity index (χ2v) is 6.16. The lowest BCUT2D eigenvalue weighted by atomic mass is 9.86. The maximum Gasteiger partial charge on any atom is 0.224 e. The van der Waals surface area contributed by atoms with Crippen LogP contribution in [0.3, 0.4) is 0 Å². The quantitative estimate of drug-likeness (QED) is 0.891. The summed E-state index contributed by atoms with van der Waals surface area (Å²) in [5.74, 6) is 2.66. The van der Waals surface area contributed by atoms with E-state index in [0.717, 1.165) is 36.2 Å². The van der Waals surface area contributed by atoms with Gasteiger partial charge in [0.25, 0.3) is 0 Å². The number of nitrogens with zero attached hydrogens (tertiary/aromatic N) is 3. The molecule has 1 aliphatic rings. The van der Waals surface area contributed by atoms with Crippen LogP contribution < -0.4 is 10.2 Å². The predicted octanol–water partition coefficient (Wildman–Crippen LogP) is 3.62. The van der Waals surface area contributed by atoms with Crippen LogP contribution in [0.15, 0.2) is 6.20 Å². The maximum absolute atomic E-state index is 4.71. The van der Waals surface area contributed by atoms with Crippen molar-refractivity contribution in [2.75, 3.05) is 23.8 Å². The van der Waals surface area contributed by atoms with Gasteiger partial charge in [0.1, 0.15) is 5.82 Å². The standard InChI is InChI=1S/C16H28N4/c1-5-9-17-16-18-11-13(3)15(19-16)20(4)14-8-6-7-12(2)10-14/h11-12,14H,5-10H2,1-4H3,(H,17,18,19). The first-order valence-electron chi connectivity index (χ1n) is 7.92. The third-order valence-corrected chi connectivity index (χ3v) is 4.27. The number of hydrogen-bond acceptors (Lipinski definition) is 4. The van der Waals surface area contributed by atoms with Crippen molar-refractivity contribution >= 4 is 11.8 Å². The molecule has 0 radical (unpaired) electrons. The van der Waals surface area contributed by atoms with Crippen molar-refractivity contribution in [2.24, 2.45) is 5.92 Å². The average molecular weight is 276 g/mol. The van der Waals surface area contributed by atoms with Gasteiger partial charge in [0.05, 0.1) is 0 Å². The van der Waals surface area contributed by atoms with Crippen LogP contribution in [0.25, 0.3) is 0 Å². The molecule has 1 N–H and O–H groups in total. The summed E-state index contributed by atoms with van der Waals surface area (Å²) in [6.07, 6.45) is 8.28. The third kappa shape index (κ3) is 3.62. The molecule has 112 valence electrons. The van der Waals surface area contributed by atoms with Crippen molar-refractivity contribution in [3.63, 3.8) is 0 Å². The van der Waals surface area contributed by atoms with Crippen LogP contribution in [0.4, 0.5) is 11.8 Å². The van der Waals surface area contributed by atoms with Crippen molar-refractivity contribution in [1.29, 1.82) is 0 Å². The minimum absolute atomic E-state index is 0.617. The highest BCUT2D eigenvalue weighted by atomic mass is 15.2. The van der Waals surface area contributed by atoms with E-state index in [-0.39, 0.29) is 0 Å². The highest BCUT2D eigenvalue weighted by Gasteiger charge is 2.24. The molecule has 1 heterocycles. The Labute approximate surface area is 123 Å². The molecule has 0 aromatic carbocycles. The van der Waals surface area contributed by atoms with Gasteiger partial charge in [-0.05, 0) is 32.1 Å². The van der Waals surface area contributed by atoms with Crippen LogP contribution in [-0.2, 0) is 0 Å². The van der Waals surface area contributed by atoms with Gasteiger partial charge < -0.3 is 10.2 Å². The van der Waals surface area contributed by atoms with Gasteiger partial charge >= 0.3 is 0 Å². The van der Waals surface area contributed by atoms with Crippen LogP contribution in [0.2, 0.25) is 0 Å². The van der Waals surface area contributed by atoms with Gasteiger partial charge in [0, 0.05) is 31.4 Å². The summed E-state index contributed by atoms with van der Waals surface area (Å²) in [6, 6.07) is 0.617. The highest BCUT2D eigenvalue weighted by Crippen LogP contribution is 2.30. The van der Waals surface area contributed by atoms with Crippen LogP contribution in [0, 0.1) is 12.8 Å². The molecule has 0 bridgehead atoms. The van der Waals surface area contributed by atoms with Crippen LogP contribution in [0.5, 0.6) is 0 Å². The fourth-order valence-corrected chi connectivity index (χ4v) is 3.04. The summed E-state index contributed by atoms with van der Waals surface area (Å²) >= 11 is 0. The number of anilines is 2. The summed E-state index contributed by atoms with van der Waals surface area (Å²) in [5, 5.41) is 3.28. The molecule has 2 unspecified atom stereocenters. The number of hydrogen-bond donors (Lipinski definition) is 1. The summed E-state index contributed by atoms with van der Waals surface area (Å²) in [4.78, 5) is 11.4. The number of aryl methyl sites for hydroxylation is 1. The topological polar surface area (TPSA) is 41.1 Å². The third-order valence-electron chi connectivity index (χ3n) is 4.27. The van der Waals surface area contributed by atoms with Crippen molar-refractivity contribution < 1.29 is 0 Å². The number of rotatable bonds is 5. The van der Waals surface area contributed by atoms with E-state index in [1.807, 2.05) is 6.20 Å². The highest BCUT2D eigenvalue weighted by molar-refractivity contribution is 5.49. The van der Waals surface area contributed by atoms with Gasteiger partial charge in [-0.1, -0.05) is 26.7 Å². The zero-order chi connectivity index (χ0) is 14.5. The Morgan fingerprint density at radius 3 is 2.90 bits per heavy atom. The number of aromatic nitrogens is 2. The maximum atomic E-state index is 4.71. The van der Waals surface area contributed by atoms with Crippen molar-refractivity contribution in [3.05, 3.63) is 11.8 Å². The second kappa shape index (κ2) is 6.91. The largest absolute Gasteiger partial charge is 0.356 e. The van der Waals surface area contributed by atoms with Crippen molar-refractivity contribution in [1.82, 2.24) is 9.97 Å². The predicted molar refractivity (Wildman–Crippen MR) is 85.4 cm³/mol. The smallest absolute Gasteiger partial charge is 0.224 e. The van der Waals surface area contributed by atoms with Crippen LogP contribution in [-0.4, -0.2) is 29.6 Å². The van der Waals surface area contributed by atoms with Gasteiger partial charge in [0.15, 0.2) is 0 Å². The van der Waals surface area contributed by atoms with Gasteiger partial charge in [-0.15, -0.1) is 0 Å². The van der Waals surface area contributed by atoms with Gasteiger partial charge in [0.2, 0.25) is 5.95 Å². The number of nitrogens with one attached hydrogen (secondary N) is 1. The van der Waals surface area contributed by atoms with E-state index in [1.54, 1.807) is 0 Å². The van der Waals surface area contributed by atoms with Crippen LogP contribution >= 0.6 is 0 Å². The van der Waals surface area contributed by atoms with E-state index in [9.17, 15) is 0 Å². The molecule has 2 rings (SSSR count). The van der Waals surface area contributed by atoms with E-state index in [2.05, 4.69) is 43.0 Å². The Balaban J connectivity index is 2.13. The molecule has 1 fully saturated rings. The van der Waals surface area contributed by atoms with E-state index < -0.39 is 0 Å². The Hall–Kier alpha value is -1.32. The Morgan fingerprint density at radius 2 is 2.20 bits per heavy atom. The first kappa shape index (κ1) is 15.1. The molecule has 4 heteroatoms. The van der Waals surface area contributed by atoms with E-state index >= 15 is 0 Å². The van der Waals surface area contributed by atoms with Gasteiger partial charge in [-0.25, -0.2) is 4.98 Å². The molecule has 4 nitrogen and oxygen atoms in total. The first-order chi connectivity index (χ1) is 9.61. The normalized spacial score (nSPS) is 22.6. The fraction of sp³-hybridized carbons (Fsp3) is 0.750. The lowest BCUT2D eigenvalue weighted by molar-refractivity contribution is 0.335. The molecule has 20 heavy (non-hydrogen) atoms. The van der Waals surface area contributed by atoms with Gasteiger partial charge in [-0.3, -0.25) is 0 Å². The second-order valence-electron chi connectivity index (χ2n) is 6.16. The van der Waals surface area contributed by atoms with Crippen LogP contribution in [0.1, 0.15) is 51.5 Å². The molecule has 0 saturated heterocycles. The minimum Gasteiger partial charge on any atom is -0.356 e. The van der Waals surface area contributed by atoms with Gasteiger partial charge in [-0.2, -0.15) is 4.98 Å². The lowest BCUT2D eigenvalue weighted by Gasteiger charge is -2.35. The summed E-state index contributed by atoms with van der Waals surface area (Å²) in [5.41, 5.74) is 1.16. The Kier molecular flexibility index (Phi) is 5.21. The van der Waals surface area contributed by atoms with E-state index in [1.165, 1.54) is 25.7 Å². The Bertz CT molecular complexity index is 432. The Morgan fingerprint density at radius 1 is 1.40 bits per heavy atom.